The van der Waals surface area contributed by atoms with E-state index in [1.165, 1.54) is 23.8 Å². The monoisotopic (exact) mass is 374 g/mol. The highest BCUT2D eigenvalue weighted by atomic mass is 32.1. The minimum atomic E-state index is -0.252. The van der Waals surface area contributed by atoms with Gasteiger partial charge in [0.15, 0.2) is 0 Å². The Bertz CT molecular complexity index is 781. The van der Waals surface area contributed by atoms with Gasteiger partial charge in [-0.2, -0.15) is 0 Å². The van der Waals surface area contributed by atoms with Crippen molar-refractivity contribution in [1.29, 1.82) is 0 Å². The number of nitrogens with one attached hydrogen (secondary N) is 1. The average Bonchev–Trinajstić information content (AvgIpc) is 3.03. The fourth-order valence-electron chi connectivity index (χ4n) is 4.39. The van der Waals surface area contributed by atoms with E-state index in [1.807, 2.05) is 0 Å². The smallest absolute Gasteiger partial charge is 0.229 e. The maximum absolute atomic E-state index is 13.8. The molecule has 1 amide bonds. The molecule has 1 aromatic heterocycles. The molecule has 0 saturated heterocycles. The number of carbonyl (C=O) groups is 1. The zero-order valence-corrected chi connectivity index (χ0v) is 15.3. The van der Waals surface area contributed by atoms with Gasteiger partial charge in [-0.25, -0.2) is 4.39 Å². The molecule has 7 heteroatoms. The summed E-state index contributed by atoms with van der Waals surface area (Å²) in [5.41, 5.74) is 6.88. The number of nitrogens with zero attached hydrogens (tertiary/aromatic N) is 2. The summed E-state index contributed by atoms with van der Waals surface area (Å²) in [6.45, 7) is 0. The number of nitrogens with two attached hydrogens (primary N) is 1. The van der Waals surface area contributed by atoms with Crippen molar-refractivity contribution < 1.29 is 9.18 Å². The van der Waals surface area contributed by atoms with Gasteiger partial charge in [0.1, 0.15) is 10.8 Å². The highest BCUT2D eigenvalue weighted by Gasteiger charge is 2.40. The van der Waals surface area contributed by atoms with E-state index in [-0.39, 0.29) is 23.7 Å². The second-order valence-corrected chi connectivity index (χ2v) is 8.52. The molecule has 3 N–H and O–H groups in total. The molecule has 2 aliphatic carbocycles. The molecule has 138 valence electrons. The second kappa shape index (κ2) is 7.40. The topological polar surface area (TPSA) is 80.9 Å². The molecule has 0 radical (unpaired) electrons. The van der Waals surface area contributed by atoms with Crippen LogP contribution < -0.4 is 11.1 Å². The number of hydrogen-bond acceptors (Lipinski definition) is 5. The molecule has 2 fully saturated rings. The molecule has 5 nitrogen and oxygen atoms in total. The van der Waals surface area contributed by atoms with Crippen molar-refractivity contribution in [3.8, 4) is 0 Å². The molecule has 2 aliphatic rings. The van der Waals surface area contributed by atoms with E-state index in [2.05, 4.69) is 15.5 Å². The summed E-state index contributed by atoms with van der Waals surface area (Å²) >= 11 is 1.31. The first-order chi connectivity index (χ1) is 12.6. The van der Waals surface area contributed by atoms with Crippen LogP contribution in [0.1, 0.15) is 42.7 Å². The Morgan fingerprint density at radius 1 is 1.23 bits per heavy atom. The van der Waals surface area contributed by atoms with Gasteiger partial charge in [-0.1, -0.05) is 36.0 Å². The number of halogens is 1. The fourth-order valence-corrected chi connectivity index (χ4v) is 5.16. The third-order valence-electron chi connectivity index (χ3n) is 5.78. The SMILES string of the molecule is NC1C2CCCC1CC(C(=O)Nc1nnc(Cc3ccccc3F)s1)C2. The predicted molar refractivity (Wildman–Crippen MR) is 99.3 cm³/mol. The molecule has 2 atom stereocenters. The maximum Gasteiger partial charge on any atom is 0.229 e. The molecule has 1 aromatic carbocycles. The number of benzene rings is 1. The van der Waals surface area contributed by atoms with Gasteiger partial charge in [0.05, 0.1) is 0 Å². The lowest BCUT2D eigenvalue weighted by Crippen LogP contribution is -2.48. The zero-order valence-electron chi connectivity index (χ0n) is 14.5. The lowest BCUT2D eigenvalue weighted by Gasteiger charge is -2.43. The first kappa shape index (κ1) is 17.5. The van der Waals surface area contributed by atoms with Crippen LogP contribution in [0.2, 0.25) is 0 Å². The summed E-state index contributed by atoms with van der Waals surface area (Å²) in [7, 11) is 0. The fraction of sp³-hybridized carbons (Fsp3) is 0.526. The minimum Gasteiger partial charge on any atom is -0.327 e. The molecule has 4 rings (SSSR count). The second-order valence-electron chi connectivity index (χ2n) is 7.46. The Labute approximate surface area is 156 Å². The lowest BCUT2D eigenvalue weighted by molar-refractivity contribution is -0.122. The van der Waals surface area contributed by atoms with Gasteiger partial charge >= 0.3 is 0 Å². The summed E-state index contributed by atoms with van der Waals surface area (Å²) in [5, 5.41) is 12.2. The van der Waals surface area contributed by atoms with Crippen LogP contribution in [0.4, 0.5) is 9.52 Å². The Kier molecular flexibility index (Phi) is 5.00. The van der Waals surface area contributed by atoms with E-state index in [0.717, 1.165) is 25.7 Å². The number of aromatic nitrogens is 2. The molecule has 0 aliphatic heterocycles. The summed E-state index contributed by atoms with van der Waals surface area (Å²) in [6, 6.07) is 6.88. The summed E-state index contributed by atoms with van der Waals surface area (Å²) < 4.78 is 13.8. The molecule has 2 unspecified atom stereocenters. The lowest BCUT2D eigenvalue weighted by atomic mass is 9.65. The van der Waals surface area contributed by atoms with E-state index in [4.69, 9.17) is 5.73 Å². The summed E-state index contributed by atoms with van der Waals surface area (Å²) in [6.07, 6.45) is 5.60. The first-order valence-corrected chi connectivity index (χ1v) is 10.0. The summed E-state index contributed by atoms with van der Waals surface area (Å²) in [5.74, 6) is 0.693. The number of anilines is 1. The van der Waals surface area contributed by atoms with Gasteiger partial charge in [-0.15, -0.1) is 10.2 Å². The maximum atomic E-state index is 13.8. The van der Waals surface area contributed by atoms with Crippen molar-refractivity contribution in [1.82, 2.24) is 10.2 Å². The Morgan fingerprint density at radius 2 is 1.96 bits per heavy atom. The molecule has 2 saturated carbocycles. The van der Waals surface area contributed by atoms with E-state index in [0.29, 0.717) is 34.0 Å². The number of fused-ring (bicyclic) bond motifs is 2. The van der Waals surface area contributed by atoms with Crippen molar-refractivity contribution in [2.24, 2.45) is 23.5 Å². The molecule has 1 heterocycles. The van der Waals surface area contributed by atoms with Gasteiger partial charge in [0.2, 0.25) is 11.0 Å². The van der Waals surface area contributed by atoms with Crippen LogP contribution in [0.5, 0.6) is 0 Å². The minimum absolute atomic E-state index is 0.00372. The van der Waals surface area contributed by atoms with E-state index < -0.39 is 0 Å². The van der Waals surface area contributed by atoms with Crippen LogP contribution in [0, 0.1) is 23.6 Å². The highest BCUT2D eigenvalue weighted by Crippen LogP contribution is 2.42. The van der Waals surface area contributed by atoms with Gasteiger partial charge in [0.25, 0.3) is 0 Å². The van der Waals surface area contributed by atoms with Crippen molar-refractivity contribution in [2.45, 2.75) is 44.6 Å². The van der Waals surface area contributed by atoms with Crippen LogP contribution in [-0.2, 0) is 11.2 Å². The Morgan fingerprint density at radius 3 is 2.69 bits per heavy atom. The third kappa shape index (κ3) is 3.64. The van der Waals surface area contributed by atoms with Crippen LogP contribution >= 0.6 is 11.3 Å². The van der Waals surface area contributed by atoms with Crippen LogP contribution in [0.15, 0.2) is 24.3 Å². The number of rotatable bonds is 4. The van der Waals surface area contributed by atoms with Crippen molar-refractivity contribution in [2.75, 3.05) is 5.32 Å². The van der Waals surface area contributed by atoms with E-state index >= 15 is 0 Å². The number of carbonyl (C=O) groups excluding carboxylic acids is 1. The van der Waals surface area contributed by atoms with E-state index in [9.17, 15) is 9.18 Å². The third-order valence-corrected chi connectivity index (χ3v) is 6.62. The molecular formula is C19H23FN4OS. The Hall–Kier alpha value is -1.86. The zero-order chi connectivity index (χ0) is 18.1. The highest BCUT2D eigenvalue weighted by molar-refractivity contribution is 7.15. The standard InChI is InChI=1S/C19H23FN4OS/c20-15-7-2-1-4-11(15)10-16-23-24-19(26-16)22-18(25)14-8-12-5-3-6-13(9-14)17(12)21/h1-2,4,7,12-14,17H,3,5-6,8-10,21H2,(H,22,24,25). The van der Waals surface area contributed by atoms with Crippen LogP contribution in [0.25, 0.3) is 0 Å². The molecule has 26 heavy (non-hydrogen) atoms. The van der Waals surface area contributed by atoms with Crippen molar-refractivity contribution >= 4 is 22.4 Å². The number of hydrogen-bond donors (Lipinski definition) is 2. The largest absolute Gasteiger partial charge is 0.327 e. The van der Waals surface area contributed by atoms with Gasteiger partial charge in [-0.3, -0.25) is 4.79 Å². The van der Waals surface area contributed by atoms with Crippen LogP contribution in [0.3, 0.4) is 0 Å². The van der Waals surface area contributed by atoms with Crippen molar-refractivity contribution in [3.05, 3.63) is 40.7 Å². The van der Waals surface area contributed by atoms with Gasteiger partial charge in [-0.05, 0) is 49.1 Å². The van der Waals surface area contributed by atoms with Gasteiger partial charge < -0.3 is 11.1 Å². The van der Waals surface area contributed by atoms with E-state index in [1.54, 1.807) is 18.2 Å². The van der Waals surface area contributed by atoms with Crippen molar-refractivity contribution in [3.63, 3.8) is 0 Å². The molecular weight excluding hydrogens is 351 g/mol. The first-order valence-electron chi connectivity index (χ1n) is 9.22. The van der Waals surface area contributed by atoms with Crippen LogP contribution in [-0.4, -0.2) is 22.1 Å². The summed E-state index contributed by atoms with van der Waals surface area (Å²) in [4.78, 5) is 12.7. The molecule has 0 spiro atoms. The average molecular weight is 374 g/mol. The normalized spacial score (nSPS) is 27.9. The Balaban J connectivity index is 1.38. The molecule has 2 aromatic rings. The predicted octanol–water partition coefficient (Wildman–Crippen LogP) is 3.36. The quantitative estimate of drug-likeness (QED) is 0.860. The van der Waals surface area contributed by atoms with Gasteiger partial charge in [0, 0.05) is 18.4 Å². The number of amides is 1. The molecule has 2 bridgehead atoms.